The first kappa shape index (κ1) is 69.3. The largest absolute Gasteiger partial charge is 0.495 e. The third-order valence-corrected chi connectivity index (χ3v) is 13.6. The maximum Gasteiger partial charge on any atom is 0.416 e. The monoisotopic (exact) mass is 1340 g/mol. The molecule has 12 nitrogen and oxygen atoms in total. The molecule has 0 saturated heterocycles. The molecule has 8 rings (SSSR count). The van der Waals surface area contributed by atoms with E-state index >= 15 is 0 Å². The maximum atomic E-state index is 13.1. The number of anilines is 2. The van der Waals surface area contributed by atoms with Gasteiger partial charge in [-0.05, 0) is 123 Å². The number of halogens is 8. The summed E-state index contributed by atoms with van der Waals surface area (Å²) >= 11 is 2.16. The molecule has 1 radical (unpaired) electrons. The molecule has 0 spiro atoms. The summed E-state index contributed by atoms with van der Waals surface area (Å²) in [5.74, 6) is 1.04. The minimum atomic E-state index is -4.63. The Hall–Kier alpha value is -7.02. The molecule has 23 heteroatoms. The first-order valence-corrected chi connectivity index (χ1v) is 28.3. The fourth-order valence-electron chi connectivity index (χ4n) is 6.89. The van der Waals surface area contributed by atoms with Crippen molar-refractivity contribution in [3.8, 4) is 34.5 Å². The molecule has 0 unspecified atom stereocenters. The fourth-order valence-corrected chi connectivity index (χ4v) is 9.13. The maximum absolute atomic E-state index is 13.1. The number of benzene rings is 8. The Bertz CT molecular complexity index is 3640. The minimum absolute atomic E-state index is 0. The van der Waals surface area contributed by atoms with Crippen LogP contribution >= 0.6 is 33.3 Å². The quantitative estimate of drug-likeness (QED) is 0.0264. The van der Waals surface area contributed by atoms with Crippen LogP contribution in [0.2, 0.25) is 0 Å². The molecule has 82 heavy (non-hydrogen) atoms. The second-order valence-electron chi connectivity index (χ2n) is 16.7. The Kier molecular flexibility index (Phi) is 26.1. The minimum Gasteiger partial charge on any atom is -0.495 e. The van der Waals surface area contributed by atoms with E-state index in [1.807, 2.05) is 49.5 Å². The number of rotatable bonds is 14. The summed E-state index contributed by atoms with van der Waals surface area (Å²) in [6.07, 6.45) is -8.93. The van der Waals surface area contributed by atoms with Crippen LogP contribution in [-0.2, 0) is 50.0 Å². The molecule has 8 aromatic carbocycles. The summed E-state index contributed by atoms with van der Waals surface area (Å²) in [5.41, 5.74) is 7.55. The van der Waals surface area contributed by atoms with Crippen LogP contribution in [0.3, 0.4) is 0 Å². The van der Waals surface area contributed by atoms with Crippen molar-refractivity contribution in [3.63, 3.8) is 0 Å². The van der Waals surface area contributed by atoms with E-state index in [1.165, 1.54) is 62.8 Å². The average Bonchev–Trinajstić information content (AvgIpc) is 3.41. The van der Waals surface area contributed by atoms with Gasteiger partial charge in [0.1, 0.15) is 44.3 Å². The Morgan fingerprint density at radius 3 is 1.23 bits per heavy atom. The SMILES string of the molecule is C.COc1ccc(Oc2ccc(C(=O)c3ccc(C)cc3)cc2)cc1S(=O)(=O)Cl.COc1ccc(Oc2ccc(C(=O)c3ccc(C)cc3)cc2)cc1S(=O)(=O)Nc1cccc(C(F)(F)F)c1.C[CH-]I.Nc1cccc(C(F)(F)F)c1.[V]. The van der Waals surface area contributed by atoms with E-state index in [0.29, 0.717) is 39.8 Å². The molecule has 0 fully saturated rings. The van der Waals surface area contributed by atoms with Crippen molar-refractivity contribution in [2.24, 2.45) is 0 Å². The van der Waals surface area contributed by atoms with Crippen LogP contribution in [-0.4, -0.2) is 42.6 Å². The number of ketones is 2. The summed E-state index contributed by atoms with van der Waals surface area (Å²) in [5, 5.41) is 0. The van der Waals surface area contributed by atoms with Gasteiger partial charge >= 0.3 is 12.4 Å². The van der Waals surface area contributed by atoms with Crippen molar-refractivity contribution in [2.75, 3.05) is 24.7 Å². The van der Waals surface area contributed by atoms with E-state index in [1.54, 1.807) is 78.9 Å². The molecule has 0 heterocycles. The molecule has 8 aromatic rings. The van der Waals surface area contributed by atoms with E-state index < -0.39 is 42.6 Å². The normalized spacial score (nSPS) is 10.9. The molecule has 0 aliphatic heterocycles. The summed E-state index contributed by atoms with van der Waals surface area (Å²) in [7, 11) is -0.282. The molecule has 0 bridgehead atoms. The number of carbonyl (C=O) groups is 2. The summed E-state index contributed by atoms with van der Waals surface area (Å²) < 4.78 is 150. The van der Waals surface area contributed by atoms with Crippen molar-refractivity contribution in [2.45, 2.75) is 50.3 Å². The van der Waals surface area contributed by atoms with Crippen molar-refractivity contribution in [1.29, 1.82) is 0 Å². The zero-order chi connectivity index (χ0) is 59.0. The van der Waals surface area contributed by atoms with E-state index in [-0.39, 0.29) is 81.7 Å². The van der Waals surface area contributed by atoms with Crippen LogP contribution < -0.4 is 29.4 Å². The second-order valence-corrected chi connectivity index (χ2v) is 22.2. The van der Waals surface area contributed by atoms with Gasteiger partial charge in [0.05, 0.1) is 25.3 Å². The molecule has 0 aliphatic rings. The van der Waals surface area contributed by atoms with Gasteiger partial charge in [0.15, 0.2) is 11.6 Å². The number of ether oxygens (including phenoxy) is 4. The number of methoxy groups -OCH3 is 2. The van der Waals surface area contributed by atoms with Crippen LogP contribution in [0.1, 0.15) is 68.4 Å². The van der Waals surface area contributed by atoms with Gasteiger partial charge in [-0.1, -0.05) is 79.2 Å². The third kappa shape index (κ3) is 20.5. The standard InChI is InChI=1S/C28H22F3NO5S.C21H17ClO5S.C7H6F3N.C2H4I.CH4.V/c1-18-6-8-19(9-7-18)27(33)20-10-12-23(13-11-20)37-24-14-15-25(36-2)26(17-24)38(34,35)32-22-5-3-4-21(16-22)28(29,30)31;1-14-3-5-15(6-4-14)21(23)16-7-9-17(10-8-16)27-18-11-12-19(26-2)20(13-18)28(22,24)25;8-7(9,10)5-2-1-3-6(11)4-5;1-2-3;;/h3-17,32H,1-2H3;3-13H,1-2H3;1-4H,11H2;2H,1H3;1H4;/q;;;-1;;. The van der Waals surface area contributed by atoms with Gasteiger partial charge in [-0.3, -0.25) is 18.7 Å². The first-order chi connectivity index (χ1) is 37.6. The van der Waals surface area contributed by atoms with Crippen LogP contribution in [0.15, 0.2) is 192 Å². The Morgan fingerprint density at radius 1 is 0.537 bits per heavy atom. The predicted octanol–water partition coefficient (Wildman–Crippen LogP) is 16.3. The van der Waals surface area contributed by atoms with Crippen molar-refractivity contribution in [1.82, 2.24) is 0 Å². The van der Waals surface area contributed by atoms with Crippen LogP contribution in [0.25, 0.3) is 0 Å². The number of hydrogen-bond donors (Lipinski definition) is 2. The molecular weight excluding hydrogens is 1290 g/mol. The Labute approximate surface area is 502 Å². The number of aryl methyl sites for hydroxylation is 2. The number of nitrogens with one attached hydrogen (secondary N) is 1. The number of nitrogens with two attached hydrogens (primary N) is 1. The molecule has 0 aliphatic carbocycles. The summed E-state index contributed by atoms with van der Waals surface area (Å²) in [6, 6.07) is 44.2. The number of hydrogen-bond acceptors (Lipinski definition) is 11. The molecule has 3 N–H and O–H groups in total. The number of carbonyl (C=O) groups excluding carboxylic acids is 2. The predicted molar refractivity (Wildman–Crippen MR) is 310 cm³/mol. The van der Waals surface area contributed by atoms with Crippen molar-refractivity contribution < 1.29 is 90.3 Å². The van der Waals surface area contributed by atoms with Gasteiger partial charge in [0.2, 0.25) is 0 Å². The van der Waals surface area contributed by atoms with E-state index in [0.717, 1.165) is 35.4 Å². The van der Waals surface area contributed by atoms with Gasteiger partial charge in [-0.25, -0.2) is 16.8 Å². The molecule has 0 atom stereocenters. The Balaban J connectivity index is 0.000000350. The smallest absolute Gasteiger partial charge is 0.416 e. The van der Waals surface area contributed by atoms with Gasteiger partial charge < -0.3 is 47.3 Å². The van der Waals surface area contributed by atoms with E-state index in [2.05, 4.69) is 27.3 Å². The van der Waals surface area contributed by atoms with E-state index in [4.69, 9.17) is 35.4 Å². The number of nitrogen functional groups attached to an aromatic ring is 1. The van der Waals surface area contributed by atoms with Crippen LogP contribution in [0, 0.1) is 18.3 Å². The number of sulfonamides is 1. The summed E-state index contributed by atoms with van der Waals surface area (Å²) in [4.78, 5) is 24.7. The molecule has 0 amide bonds. The van der Waals surface area contributed by atoms with Gasteiger partial charge in [0, 0.05) is 75.0 Å². The zero-order valence-corrected chi connectivity index (χ0v) is 49.3. The zero-order valence-electron chi connectivity index (χ0n) is 43.3. The first-order valence-electron chi connectivity index (χ1n) is 23.3. The summed E-state index contributed by atoms with van der Waals surface area (Å²) in [6.45, 7) is 5.87. The van der Waals surface area contributed by atoms with Gasteiger partial charge in [-0.2, -0.15) is 33.3 Å². The van der Waals surface area contributed by atoms with Crippen LogP contribution in [0.5, 0.6) is 34.5 Å². The second kappa shape index (κ2) is 30.9. The third-order valence-electron chi connectivity index (χ3n) is 10.8. The molecule has 0 aromatic heterocycles. The van der Waals surface area contributed by atoms with Gasteiger partial charge in [0.25, 0.3) is 19.1 Å². The Morgan fingerprint density at radius 2 is 0.878 bits per heavy atom. The number of alkyl halides is 6. The van der Waals surface area contributed by atoms with E-state index in [9.17, 15) is 52.8 Å². The van der Waals surface area contributed by atoms with Crippen molar-refractivity contribution >= 4 is 75.3 Å². The topological polar surface area (TPSA) is 177 Å². The fraction of sp³-hybridized carbons (Fsp3) is 0.136. The molecule has 0 saturated carbocycles. The molecule has 433 valence electrons. The average molecular weight is 1340 g/mol. The van der Waals surface area contributed by atoms with Crippen molar-refractivity contribution in [3.05, 3.63) is 231 Å². The van der Waals surface area contributed by atoms with Gasteiger partial charge in [-0.15, -0.1) is 0 Å². The van der Waals surface area contributed by atoms with Crippen LogP contribution in [0.4, 0.5) is 37.7 Å². The molecular formula is C59H53ClF6IN2O10S2V-.